The first-order valence-corrected chi connectivity index (χ1v) is 12.3. The van der Waals surface area contributed by atoms with Crippen molar-refractivity contribution in [3.05, 3.63) is 126 Å². The molecule has 7 nitrogen and oxygen atoms in total. The van der Waals surface area contributed by atoms with Crippen LogP contribution in [0.15, 0.2) is 115 Å². The van der Waals surface area contributed by atoms with Crippen LogP contribution in [0.3, 0.4) is 0 Å². The highest BCUT2D eigenvalue weighted by Crippen LogP contribution is 2.23. The summed E-state index contributed by atoms with van der Waals surface area (Å²) >= 11 is 0. The smallest absolute Gasteiger partial charge is 0.254 e. The Hall–Kier alpha value is -4.46. The highest BCUT2D eigenvalue weighted by molar-refractivity contribution is 5.98. The standard InChI is InChI=1S/C31H30N2O5/c1-36-29(24-13-7-3-8-14-24)31(35)33-28(22-37-21-23-11-5-2-6-12-23)30(34)32-25-17-19-27(20-18-25)38-26-15-9-4-10-16-26/h2-20,28-29H,21-22H2,1H3,(H,32,34)(H,33,35). The summed E-state index contributed by atoms with van der Waals surface area (Å²) in [6, 6.07) is 34.2. The van der Waals surface area contributed by atoms with Gasteiger partial charge in [-0.2, -0.15) is 0 Å². The zero-order valence-corrected chi connectivity index (χ0v) is 21.1. The van der Waals surface area contributed by atoms with Crippen molar-refractivity contribution in [2.75, 3.05) is 19.0 Å². The van der Waals surface area contributed by atoms with Gasteiger partial charge < -0.3 is 24.8 Å². The molecule has 0 heterocycles. The van der Waals surface area contributed by atoms with Crippen LogP contribution in [-0.2, 0) is 25.7 Å². The number of carbonyl (C=O) groups excluding carboxylic acids is 2. The largest absolute Gasteiger partial charge is 0.457 e. The number of hydrogen-bond donors (Lipinski definition) is 2. The Morgan fingerprint density at radius 2 is 1.29 bits per heavy atom. The van der Waals surface area contributed by atoms with Crippen LogP contribution in [0, 0.1) is 0 Å². The Morgan fingerprint density at radius 3 is 1.92 bits per heavy atom. The third-order valence-corrected chi connectivity index (χ3v) is 5.71. The number of methoxy groups -OCH3 is 1. The maximum Gasteiger partial charge on any atom is 0.254 e. The number of carbonyl (C=O) groups is 2. The van der Waals surface area contributed by atoms with Crippen molar-refractivity contribution in [3.8, 4) is 11.5 Å². The van der Waals surface area contributed by atoms with E-state index in [1.54, 1.807) is 36.4 Å². The summed E-state index contributed by atoms with van der Waals surface area (Å²) in [4.78, 5) is 26.3. The summed E-state index contributed by atoms with van der Waals surface area (Å²) in [5.41, 5.74) is 2.21. The Balaban J connectivity index is 1.42. The molecule has 0 aliphatic rings. The number of amides is 2. The van der Waals surface area contributed by atoms with E-state index >= 15 is 0 Å². The van der Waals surface area contributed by atoms with Crippen molar-refractivity contribution >= 4 is 17.5 Å². The third-order valence-electron chi connectivity index (χ3n) is 5.71. The Bertz CT molecular complexity index is 1280. The summed E-state index contributed by atoms with van der Waals surface area (Å²) in [5, 5.41) is 5.65. The molecule has 0 saturated carbocycles. The van der Waals surface area contributed by atoms with E-state index in [1.165, 1.54) is 7.11 Å². The molecule has 0 aromatic heterocycles. The molecule has 194 valence electrons. The van der Waals surface area contributed by atoms with Gasteiger partial charge >= 0.3 is 0 Å². The SMILES string of the molecule is COC(C(=O)NC(COCc1ccccc1)C(=O)Nc1ccc(Oc2ccccc2)cc1)c1ccccc1. The van der Waals surface area contributed by atoms with Gasteiger partial charge in [-0.15, -0.1) is 0 Å². The Morgan fingerprint density at radius 1 is 0.711 bits per heavy atom. The molecule has 0 aliphatic heterocycles. The summed E-state index contributed by atoms with van der Waals surface area (Å²) < 4.78 is 17.1. The van der Waals surface area contributed by atoms with Crippen molar-refractivity contribution < 1.29 is 23.8 Å². The highest BCUT2D eigenvalue weighted by atomic mass is 16.5. The highest BCUT2D eigenvalue weighted by Gasteiger charge is 2.27. The van der Waals surface area contributed by atoms with E-state index in [1.807, 2.05) is 78.9 Å². The van der Waals surface area contributed by atoms with Crippen LogP contribution in [0.4, 0.5) is 5.69 Å². The first-order valence-electron chi connectivity index (χ1n) is 12.3. The van der Waals surface area contributed by atoms with Crippen molar-refractivity contribution in [2.24, 2.45) is 0 Å². The van der Waals surface area contributed by atoms with E-state index in [9.17, 15) is 9.59 Å². The molecule has 2 amide bonds. The molecule has 0 fully saturated rings. The molecule has 0 spiro atoms. The van der Waals surface area contributed by atoms with Crippen LogP contribution in [0.2, 0.25) is 0 Å². The fraction of sp³-hybridized carbons (Fsp3) is 0.161. The molecule has 2 unspecified atom stereocenters. The van der Waals surface area contributed by atoms with Crippen molar-refractivity contribution in [1.82, 2.24) is 5.32 Å². The molecular weight excluding hydrogens is 480 g/mol. The molecule has 0 radical (unpaired) electrons. The molecule has 0 aliphatic carbocycles. The molecule has 4 aromatic carbocycles. The van der Waals surface area contributed by atoms with E-state index in [2.05, 4.69) is 10.6 Å². The molecule has 2 N–H and O–H groups in total. The van der Waals surface area contributed by atoms with E-state index in [-0.39, 0.29) is 6.61 Å². The minimum absolute atomic E-state index is 0.0209. The number of rotatable bonds is 12. The van der Waals surface area contributed by atoms with Gasteiger partial charge in [-0.1, -0.05) is 78.9 Å². The van der Waals surface area contributed by atoms with Crippen LogP contribution < -0.4 is 15.4 Å². The van der Waals surface area contributed by atoms with Gasteiger partial charge in [0.25, 0.3) is 5.91 Å². The number of nitrogens with one attached hydrogen (secondary N) is 2. The summed E-state index contributed by atoms with van der Waals surface area (Å²) in [5.74, 6) is 0.504. The number of para-hydroxylation sites is 1. The fourth-order valence-electron chi connectivity index (χ4n) is 3.78. The average Bonchev–Trinajstić information content (AvgIpc) is 2.95. The normalized spacial score (nSPS) is 12.2. The van der Waals surface area contributed by atoms with Crippen molar-refractivity contribution in [1.29, 1.82) is 0 Å². The van der Waals surface area contributed by atoms with Crippen LogP contribution in [0.1, 0.15) is 17.2 Å². The predicted molar refractivity (Wildman–Crippen MR) is 146 cm³/mol. The lowest BCUT2D eigenvalue weighted by atomic mass is 10.1. The minimum Gasteiger partial charge on any atom is -0.457 e. The zero-order valence-electron chi connectivity index (χ0n) is 21.1. The maximum absolute atomic E-state index is 13.2. The molecule has 2 atom stereocenters. The van der Waals surface area contributed by atoms with Gasteiger partial charge in [0.05, 0.1) is 13.2 Å². The van der Waals surface area contributed by atoms with E-state index in [4.69, 9.17) is 14.2 Å². The fourth-order valence-corrected chi connectivity index (χ4v) is 3.78. The summed E-state index contributed by atoms with van der Waals surface area (Å²) in [6.07, 6.45) is -0.866. The molecular formula is C31H30N2O5. The van der Waals surface area contributed by atoms with E-state index in [0.717, 1.165) is 5.56 Å². The van der Waals surface area contributed by atoms with Gasteiger partial charge in [-0.05, 0) is 47.5 Å². The minimum atomic E-state index is -0.951. The van der Waals surface area contributed by atoms with Gasteiger partial charge in [0.15, 0.2) is 6.10 Å². The lowest BCUT2D eigenvalue weighted by molar-refractivity contribution is -0.135. The lowest BCUT2D eigenvalue weighted by Gasteiger charge is -2.22. The topological polar surface area (TPSA) is 85.9 Å². The second-order valence-electron chi connectivity index (χ2n) is 8.52. The van der Waals surface area contributed by atoms with Crippen LogP contribution in [0.25, 0.3) is 0 Å². The number of benzene rings is 4. The molecule has 38 heavy (non-hydrogen) atoms. The van der Waals surface area contributed by atoms with Gasteiger partial charge in [0.1, 0.15) is 17.5 Å². The molecule has 4 aromatic rings. The van der Waals surface area contributed by atoms with Crippen molar-refractivity contribution in [3.63, 3.8) is 0 Å². The van der Waals surface area contributed by atoms with Gasteiger partial charge in [-0.25, -0.2) is 0 Å². The predicted octanol–water partition coefficient (Wildman–Crippen LogP) is 5.51. The second-order valence-corrected chi connectivity index (χ2v) is 8.52. The van der Waals surface area contributed by atoms with Gasteiger partial charge in [-0.3, -0.25) is 9.59 Å². The molecule has 4 rings (SSSR count). The van der Waals surface area contributed by atoms with Crippen molar-refractivity contribution in [2.45, 2.75) is 18.8 Å². The Kier molecular flexibility index (Phi) is 9.62. The second kappa shape index (κ2) is 13.7. The number of ether oxygens (including phenoxy) is 3. The number of hydrogen-bond acceptors (Lipinski definition) is 5. The van der Waals surface area contributed by atoms with Crippen LogP contribution in [-0.4, -0.2) is 31.6 Å². The van der Waals surface area contributed by atoms with Crippen LogP contribution >= 0.6 is 0 Å². The maximum atomic E-state index is 13.2. The lowest BCUT2D eigenvalue weighted by Crippen LogP contribution is -2.48. The summed E-state index contributed by atoms with van der Waals surface area (Å²) in [6.45, 7) is 0.283. The molecule has 0 saturated heterocycles. The quantitative estimate of drug-likeness (QED) is 0.263. The first-order chi connectivity index (χ1) is 18.6. The monoisotopic (exact) mass is 510 g/mol. The van der Waals surface area contributed by atoms with E-state index < -0.39 is 24.0 Å². The van der Waals surface area contributed by atoms with E-state index in [0.29, 0.717) is 29.4 Å². The van der Waals surface area contributed by atoms with Crippen LogP contribution in [0.5, 0.6) is 11.5 Å². The van der Waals surface area contributed by atoms with Gasteiger partial charge in [0, 0.05) is 12.8 Å². The molecule has 7 heteroatoms. The third kappa shape index (κ3) is 7.77. The zero-order chi connectivity index (χ0) is 26.6. The van der Waals surface area contributed by atoms with Gasteiger partial charge in [0.2, 0.25) is 5.91 Å². The first kappa shape index (κ1) is 26.6. The molecule has 0 bridgehead atoms. The average molecular weight is 511 g/mol. The summed E-state index contributed by atoms with van der Waals surface area (Å²) in [7, 11) is 1.46. The number of anilines is 1. The Labute approximate surface area is 222 Å².